The fourth-order valence-electron chi connectivity index (χ4n) is 4.12. The number of piperazine rings is 1. The number of amides is 1. The molecule has 36 heavy (non-hydrogen) atoms. The van der Waals surface area contributed by atoms with E-state index in [-0.39, 0.29) is 11.7 Å². The number of anilines is 1. The van der Waals surface area contributed by atoms with Gasteiger partial charge in [-0.05, 0) is 54.6 Å². The summed E-state index contributed by atoms with van der Waals surface area (Å²) in [5.41, 5.74) is 2.86. The number of carbonyl (C=O) groups excluding carboxylic acids is 1. The lowest BCUT2D eigenvalue weighted by molar-refractivity contribution is -0.128. The van der Waals surface area contributed by atoms with Crippen molar-refractivity contribution < 1.29 is 9.53 Å². The van der Waals surface area contributed by atoms with Crippen molar-refractivity contribution in [2.45, 2.75) is 5.16 Å². The monoisotopic (exact) mass is 520 g/mol. The molecule has 2 aromatic heterocycles. The highest BCUT2D eigenvalue weighted by Gasteiger charge is 2.23. The first kappa shape index (κ1) is 24.1. The molecule has 1 saturated heterocycles. The van der Waals surface area contributed by atoms with Crippen LogP contribution in [0.2, 0.25) is 5.02 Å². The van der Waals surface area contributed by atoms with E-state index in [1.165, 1.54) is 11.8 Å². The SMILES string of the molecule is COc1ccc(-n2c(SCC(=O)N3CCN(c4cccc(Cl)c4)CC3)nnc2-c2ccncc2)cc1. The van der Waals surface area contributed by atoms with Crippen molar-refractivity contribution in [2.24, 2.45) is 0 Å². The van der Waals surface area contributed by atoms with Crippen molar-refractivity contribution in [1.29, 1.82) is 0 Å². The van der Waals surface area contributed by atoms with Crippen LogP contribution in [-0.2, 0) is 4.79 Å². The van der Waals surface area contributed by atoms with Crippen LogP contribution < -0.4 is 9.64 Å². The van der Waals surface area contributed by atoms with Crippen molar-refractivity contribution in [2.75, 3.05) is 43.9 Å². The number of pyridine rings is 1. The molecule has 1 fully saturated rings. The fraction of sp³-hybridized carbons (Fsp3) is 0.231. The van der Waals surface area contributed by atoms with E-state index < -0.39 is 0 Å². The second-order valence-electron chi connectivity index (χ2n) is 8.21. The average Bonchev–Trinajstić information content (AvgIpc) is 3.36. The van der Waals surface area contributed by atoms with Gasteiger partial charge in [0.05, 0.1) is 12.9 Å². The van der Waals surface area contributed by atoms with Gasteiger partial charge in [0, 0.05) is 60.5 Å². The largest absolute Gasteiger partial charge is 0.497 e. The van der Waals surface area contributed by atoms with Crippen LogP contribution in [0, 0.1) is 0 Å². The molecule has 0 saturated carbocycles. The van der Waals surface area contributed by atoms with E-state index in [0.717, 1.165) is 40.8 Å². The normalized spacial score (nSPS) is 13.6. The summed E-state index contributed by atoms with van der Waals surface area (Å²) < 4.78 is 7.27. The summed E-state index contributed by atoms with van der Waals surface area (Å²) in [4.78, 5) is 21.3. The minimum Gasteiger partial charge on any atom is -0.497 e. The van der Waals surface area contributed by atoms with Crippen molar-refractivity contribution in [3.05, 3.63) is 78.1 Å². The van der Waals surface area contributed by atoms with Gasteiger partial charge in [0.1, 0.15) is 5.75 Å². The van der Waals surface area contributed by atoms with Gasteiger partial charge in [-0.3, -0.25) is 14.3 Å². The van der Waals surface area contributed by atoms with Crippen molar-refractivity contribution in [3.8, 4) is 22.8 Å². The highest BCUT2D eigenvalue weighted by atomic mass is 35.5. The van der Waals surface area contributed by atoms with Crippen molar-refractivity contribution in [3.63, 3.8) is 0 Å². The summed E-state index contributed by atoms with van der Waals surface area (Å²) in [6.45, 7) is 2.87. The Balaban J connectivity index is 1.29. The van der Waals surface area contributed by atoms with Crippen LogP contribution in [0.5, 0.6) is 5.75 Å². The molecule has 10 heteroatoms. The summed E-state index contributed by atoms with van der Waals surface area (Å²) in [5.74, 6) is 1.81. The fourth-order valence-corrected chi connectivity index (χ4v) is 5.16. The standard InChI is InChI=1S/C26H25ClN6O2S/c1-35-23-7-5-21(6-8-23)33-25(19-9-11-28-12-10-19)29-30-26(33)36-18-24(34)32-15-13-31(14-16-32)22-4-2-3-20(27)17-22/h2-12,17H,13-16,18H2,1H3. The van der Waals surface area contributed by atoms with Crippen LogP contribution >= 0.6 is 23.4 Å². The highest BCUT2D eigenvalue weighted by molar-refractivity contribution is 7.99. The van der Waals surface area contributed by atoms with E-state index in [9.17, 15) is 4.79 Å². The van der Waals surface area contributed by atoms with E-state index in [1.54, 1.807) is 19.5 Å². The van der Waals surface area contributed by atoms with Gasteiger partial charge in [-0.25, -0.2) is 0 Å². The Hall–Kier alpha value is -3.56. The van der Waals surface area contributed by atoms with Crippen molar-refractivity contribution >= 4 is 35.0 Å². The second-order valence-corrected chi connectivity index (χ2v) is 9.59. The van der Waals surface area contributed by atoms with Gasteiger partial charge in [-0.1, -0.05) is 29.4 Å². The van der Waals surface area contributed by atoms with Gasteiger partial charge in [0.25, 0.3) is 0 Å². The maximum absolute atomic E-state index is 13.1. The molecule has 1 amide bonds. The predicted molar refractivity (Wildman–Crippen MR) is 142 cm³/mol. The average molecular weight is 521 g/mol. The Morgan fingerprint density at radius 3 is 2.42 bits per heavy atom. The number of benzene rings is 2. The number of hydrogen-bond acceptors (Lipinski definition) is 7. The third kappa shape index (κ3) is 5.32. The number of methoxy groups -OCH3 is 1. The molecule has 0 N–H and O–H groups in total. The molecule has 0 unspecified atom stereocenters. The summed E-state index contributed by atoms with van der Waals surface area (Å²) in [6.07, 6.45) is 3.45. The number of carbonyl (C=O) groups is 1. The number of ether oxygens (including phenoxy) is 1. The molecule has 0 atom stereocenters. The Morgan fingerprint density at radius 1 is 0.972 bits per heavy atom. The number of rotatable bonds is 7. The zero-order valence-corrected chi connectivity index (χ0v) is 21.3. The zero-order valence-electron chi connectivity index (χ0n) is 19.7. The quantitative estimate of drug-likeness (QED) is 0.333. The molecule has 0 spiro atoms. The number of thioether (sulfide) groups is 1. The summed E-state index contributed by atoms with van der Waals surface area (Å²) >= 11 is 7.53. The minimum absolute atomic E-state index is 0.0838. The zero-order chi connectivity index (χ0) is 24.9. The minimum atomic E-state index is 0.0838. The van der Waals surface area contributed by atoms with Gasteiger partial charge in [-0.15, -0.1) is 10.2 Å². The van der Waals surface area contributed by atoms with Crippen LogP contribution in [0.15, 0.2) is 78.2 Å². The van der Waals surface area contributed by atoms with Gasteiger partial charge >= 0.3 is 0 Å². The van der Waals surface area contributed by atoms with Gasteiger partial charge in [0.15, 0.2) is 11.0 Å². The molecule has 3 heterocycles. The van der Waals surface area contributed by atoms with Crippen LogP contribution in [0.3, 0.4) is 0 Å². The molecule has 0 bridgehead atoms. The first-order valence-electron chi connectivity index (χ1n) is 11.5. The van der Waals surface area contributed by atoms with Crippen LogP contribution in [0.1, 0.15) is 0 Å². The smallest absolute Gasteiger partial charge is 0.233 e. The van der Waals surface area contributed by atoms with Crippen molar-refractivity contribution in [1.82, 2.24) is 24.6 Å². The van der Waals surface area contributed by atoms with E-state index in [0.29, 0.717) is 24.1 Å². The third-order valence-electron chi connectivity index (χ3n) is 6.03. The maximum Gasteiger partial charge on any atom is 0.233 e. The predicted octanol–water partition coefficient (Wildman–Crippen LogP) is 4.43. The van der Waals surface area contributed by atoms with E-state index in [4.69, 9.17) is 16.3 Å². The van der Waals surface area contributed by atoms with Crippen LogP contribution in [-0.4, -0.2) is 69.6 Å². The number of nitrogens with zero attached hydrogens (tertiary/aromatic N) is 6. The maximum atomic E-state index is 13.1. The summed E-state index contributed by atoms with van der Waals surface area (Å²) in [7, 11) is 1.64. The molecule has 5 rings (SSSR count). The molecule has 1 aliphatic heterocycles. The van der Waals surface area contributed by atoms with Gasteiger partial charge < -0.3 is 14.5 Å². The first-order chi connectivity index (χ1) is 17.6. The third-order valence-corrected chi connectivity index (χ3v) is 7.18. The molecule has 2 aromatic carbocycles. The number of hydrogen-bond donors (Lipinski definition) is 0. The van der Waals surface area contributed by atoms with Crippen LogP contribution in [0.25, 0.3) is 17.1 Å². The Kier molecular flexibility index (Phi) is 7.39. The molecule has 8 nitrogen and oxygen atoms in total. The highest BCUT2D eigenvalue weighted by Crippen LogP contribution is 2.29. The summed E-state index contributed by atoms with van der Waals surface area (Å²) in [5, 5.41) is 10.2. The molecule has 4 aromatic rings. The van der Waals surface area contributed by atoms with Gasteiger partial charge in [-0.2, -0.15) is 0 Å². The molecule has 1 aliphatic rings. The molecule has 184 valence electrons. The topological polar surface area (TPSA) is 76.4 Å². The molecule has 0 radical (unpaired) electrons. The molecular formula is C26H25ClN6O2S. The summed E-state index contributed by atoms with van der Waals surface area (Å²) in [6, 6.07) is 19.3. The lowest BCUT2D eigenvalue weighted by atomic mass is 10.2. The number of halogens is 1. The van der Waals surface area contributed by atoms with E-state index in [2.05, 4.69) is 20.1 Å². The second kappa shape index (κ2) is 11.0. The van der Waals surface area contributed by atoms with Crippen LogP contribution in [0.4, 0.5) is 5.69 Å². The molecular weight excluding hydrogens is 496 g/mol. The molecule has 0 aliphatic carbocycles. The number of aromatic nitrogens is 4. The first-order valence-corrected chi connectivity index (χ1v) is 12.9. The Morgan fingerprint density at radius 2 is 1.72 bits per heavy atom. The Labute approximate surface area is 218 Å². The van der Waals surface area contributed by atoms with E-state index in [1.807, 2.05) is 70.1 Å². The Bertz CT molecular complexity index is 1320. The van der Waals surface area contributed by atoms with E-state index >= 15 is 0 Å². The lowest BCUT2D eigenvalue weighted by Gasteiger charge is -2.36. The van der Waals surface area contributed by atoms with Gasteiger partial charge in [0.2, 0.25) is 5.91 Å². The lowest BCUT2D eigenvalue weighted by Crippen LogP contribution is -2.49.